The highest BCUT2D eigenvalue weighted by atomic mass is 32.1. The van der Waals surface area contributed by atoms with Crippen molar-refractivity contribution in [2.75, 3.05) is 18.9 Å². The Kier molecular flexibility index (Phi) is 4.19. The molecular weight excluding hydrogens is 250 g/mol. The predicted molar refractivity (Wildman–Crippen MR) is 71.4 cm³/mol. The summed E-state index contributed by atoms with van der Waals surface area (Å²) in [5.41, 5.74) is 6.33. The third-order valence-corrected chi connectivity index (χ3v) is 3.88. The molecule has 0 aromatic carbocycles. The molecule has 2 unspecified atom stereocenters. The number of carbonyl (C=O) groups excluding carboxylic acids is 1. The highest BCUT2D eigenvalue weighted by Crippen LogP contribution is 2.17. The maximum absolute atomic E-state index is 12.3. The number of hydrogen-bond acceptors (Lipinski definition) is 5. The molecule has 2 rings (SSSR count). The third-order valence-electron chi connectivity index (χ3n) is 3.16. The highest BCUT2D eigenvalue weighted by molar-refractivity contribution is 7.13. The fourth-order valence-electron chi connectivity index (χ4n) is 2.15. The molecule has 0 bridgehead atoms. The van der Waals surface area contributed by atoms with Gasteiger partial charge in [-0.1, -0.05) is 6.92 Å². The number of amides is 1. The zero-order valence-electron chi connectivity index (χ0n) is 10.8. The van der Waals surface area contributed by atoms with Crippen LogP contribution < -0.4 is 5.73 Å². The number of nitrogens with two attached hydrogens (primary N) is 1. The Labute approximate surface area is 111 Å². The summed E-state index contributed by atoms with van der Waals surface area (Å²) in [7, 11) is 0. The molecule has 0 saturated carbocycles. The summed E-state index contributed by atoms with van der Waals surface area (Å²) in [6.45, 7) is 5.36. The van der Waals surface area contributed by atoms with E-state index in [-0.39, 0.29) is 18.1 Å². The second-order valence-corrected chi connectivity index (χ2v) is 5.50. The van der Waals surface area contributed by atoms with Crippen LogP contribution in [-0.4, -0.2) is 41.1 Å². The van der Waals surface area contributed by atoms with Crippen LogP contribution in [0, 0.1) is 0 Å². The molecular formula is C12H19N3O2S. The maximum atomic E-state index is 12.3. The molecule has 1 saturated heterocycles. The summed E-state index contributed by atoms with van der Waals surface area (Å²) >= 11 is 1.37. The van der Waals surface area contributed by atoms with Gasteiger partial charge in [-0.2, -0.15) is 0 Å². The molecule has 18 heavy (non-hydrogen) atoms. The zero-order chi connectivity index (χ0) is 13.1. The summed E-state index contributed by atoms with van der Waals surface area (Å²) in [5.74, 6) is 0.113. The molecule has 0 radical (unpaired) electrons. The molecule has 2 N–H and O–H groups in total. The van der Waals surface area contributed by atoms with E-state index < -0.39 is 0 Å². The number of thiazole rings is 1. The number of ether oxygens (including phenoxy) is 1. The number of rotatable bonds is 3. The number of nitrogens with zero attached hydrogens (tertiary/aromatic N) is 2. The second-order valence-electron chi connectivity index (χ2n) is 4.61. The lowest BCUT2D eigenvalue weighted by molar-refractivity contribution is -0.143. The van der Waals surface area contributed by atoms with Gasteiger partial charge in [0.25, 0.3) is 0 Å². The molecule has 2 atom stereocenters. The van der Waals surface area contributed by atoms with Crippen LogP contribution in [0.15, 0.2) is 5.38 Å². The molecule has 1 aliphatic rings. The smallest absolute Gasteiger partial charge is 0.229 e. The van der Waals surface area contributed by atoms with Crippen LogP contribution in [0.5, 0.6) is 0 Å². The summed E-state index contributed by atoms with van der Waals surface area (Å²) in [6.07, 6.45) is 1.35. The molecule has 5 nitrogen and oxygen atoms in total. The van der Waals surface area contributed by atoms with E-state index >= 15 is 0 Å². The predicted octanol–water partition coefficient (Wildman–Crippen LogP) is 1.29. The lowest BCUT2D eigenvalue weighted by atomic mass is 10.1. The zero-order valence-corrected chi connectivity index (χ0v) is 11.6. The summed E-state index contributed by atoms with van der Waals surface area (Å²) in [4.78, 5) is 18.3. The van der Waals surface area contributed by atoms with E-state index in [9.17, 15) is 4.79 Å². The number of aromatic nitrogens is 1. The van der Waals surface area contributed by atoms with Crippen LogP contribution in [0.3, 0.4) is 0 Å². The van der Waals surface area contributed by atoms with Gasteiger partial charge in [0, 0.05) is 11.9 Å². The standard InChI is InChI=1S/C12H19N3O2S/c1-3-10-6-17-8(2)5-15(10)11(16)4-9-7-18-12(13)14-9/h7-8,10H,3-6H2,1-2H3,(H2,13,14). The van der Waals surface area contributed by atoms with Gasteiger partial charge in [-0.3, -0.25) is 4.79 Å². The van der Waals surface area contributed by atoms with Crippen molar-refractivity contribution in [3.8, 4) is 0 Å². The first-order chi connectivity index (χ1) is 8.60. The van der Waals surface area contributed by atoms with Crippen LogP contribution in [0.1, 0.15) is 26.0 Å². The molecule has 1 aliphatic heterocycles. The van der Waals surface area contributed by atoms with Crippen LogP contribution in [0.25, 0.3) is 0 Å². The normalized spacial score (nSPS) is 24.2. The van der Waals surface area contributed by atoms with Crippen molar-refractivity contribution in [1.82, 2.24) is 9.88 Å². The Morgan fingerprint density at radius 3 is 3.11 bits per heavy atom. The Balaban J connectivity index is 2.01. The largest absolute Gasteiger partial charge is 0.375 e. The quantitative estimate of drug-likeness (QED) is 0.898. The van der Waals surface area contributed by atoms with Crippen molar-refractivity contribution in [3.63, 3.8) is 0 Å². The van der Waals surface area contributed by atoms with E-state index in [1.807, 2.05) is 17.2 Å². The average Bonchev–Trinajstić information content (AvgIpc) is 2.74. The summed E-state index contributed by atoms with van der Waals surface area (Å²) in [5, 5.41) is 2.36. The Hall–Kier alpha value is -1.14. The summed E-state index contributed by atoms with van der Waals surface area (Å²) < 4.78 is 5.59. The first kappa shape index (κ1) is 13.3. The molecule has 1 fully saturated rings. The minimum atomic E-state index is 0.109. The van der Waals surface area contributed by atoms with E-state index in [4.69, 9.17) is 10.5 Å². The van der Waals surface area contributed by atoms with Gasteiger partial charge < -0.3 is 15.4 Å². The monoisotopic (exact) mass is 269 g/mol. The van der Waals surface area contributed by atoms with Crippen molar-refractivity contribution >= 4 is 22.4 Å². The molecule has 2 heterocycles. The molecule has 6 heteroatoms. The van der Waals surface area contributed by atoms with Gasteiger partial charge in [-0.15, -0.1) is 11.3 Å². The van der Waals surface area contributed by atoms with Gasteiger partial charge in [0.05, 0.1) is 30.9 Å². The van der Waals surface area contributed by atoms with Crippen molar-refractivity contribution in [2.45, 2.75) is 38.8 Å². The topological polar surface area (TPSA) is 68.5 Å². The van der Waals surface area contributed by atoms with Crippen molar-refractivity contribution in [1.29, 1.82) is 0 Å². The van der Waals surface area contributed by atoms with Crippen LogP contribution in [0.2, 0.25) is 0 Å². The summed E-state index contributed by atoms with van der Waals surface area (Å²) in [6, 6.07) is 0.185. The van der Waals surface area contributed by atoms with Gasteiger partial charge in [-0.25, -0.2) is 4.98 Å². The minimum Gasteiger partial charge on any atom is -0.375 e. The second kappa shape index (κ2) is 5.67. The average molecular weight is 269 g/mol. The number of morpholine rings is 1. The Morgan fingerprint density at radius 1 is 1.72 bits per heavy atom. The highest BCUT2D eigenvalue weighted by Gasteiger charge is 2.29. The SMILES string of the molecule is CCC1COC(C)CN1C(=O)Cc1csc(N)n1. The lowest BCUT2D eigenvalue weighted by Gasteiger charge is -2.38. The van der Waals surface area contributed by atoms with Gasteiger partial charge in [0.2, 0.25) is 5.91 Å². The van der Waals surface area contributed by atoms with Crippen molar-refractivity contribution < 1.29 is 9.53 Å². The van der Waals surface area contributed by atoms with Crippen LogP contribution >= 0.6 is 11.3 Å². The number of hydrogen-bond donors (Lipinski definition) is 1. The maximum Gasteiger partial charge on any atom is 0.229 e. The fraction of sp³-hybridized carbons (Fsp3) is 0.667. The molecule has 1 amide bonds. The molecule has 1 aromatic heterocycles. The Bertz CT molecular complexity index is 421. The van der Waals surface area contributed by atoms with E-state index in [2.05, 4.69) is 11.9 Å². The molecule has 100 valence electrons. The third kappa shape index (κ3) is 3.00. The van der Waals surface area contributed by atoms with Crippen LogP contribution in [0.4, 0.5) is 5.13 Å². The molecule has 1 aromatic rings. The molecule has 0 spiro atoms. The molecule has 0 aliphatic carbocycles. The number of carbonyl (C=O) groups is 1. The van der Waals surface area contributed by atoms with Gasteiger partial charge >= 0.3 is 0 Å². The van der Waals surface area contributed by atoms with Crippen LogP contribution in [-0.2, 0) is 16.0 Å². The first-order valence-electron chi connectivity index (χ1n) is 6.21. The first-order valence-corrected chi connectivity index (χ1v) is 7.09. The van der Waals surface area contributed by atoms with Gasteiger partial charge in [0.1, 0.15) is 0 Å². The van der Waals surface area contributed by atoms with Gasteiger partial charge in [-0.05, 0) is 13.3 Å². The van der Waals surface area contributed by atoms with Gasteiger partial charge in [0.15, 0.2) is 5.13 Å². The lowest BCUT2D eigenvalue weighted by Crippen LogP contribution is -2.51. The number of anilines is 1. The van der Waals surface area contributed by atoms with E-state index in [1.54, 1.807) is 0 Å². The fourth-order valence-corrected chi connectivity index (χ4v) is 2.71. The van der Waals surface area contributed by atoms with E-state index in [1.165, 1.54) is 11.3 Å². The van der Waals surface area contributed by atoms with Crippen molar-refractivity contribution in [2.24, 2.45) is 0 Å². The van der Waals surface area contributed by atoms with Crippen molar-refractivity contribution in [3.05, 3.63) is 11.1 Å². The van der Waals surface area contributed by atoms with E-state index in [0.717, 1.165) is 12.1 Å². The Morgan fingerprint density at radius 2 is 2.50 bits per heavy atom. The van der Waals surface area contributed by atoms with E-state index in [0.29, 0.717) is 24.7 Å². The minimum absolute atomic E-state index is 0.109. The number of nitrogen functional groups attached to an aromatic ring is 1.